The molecule has 0 rings (SSSR count). The first kappa shape index (κ1) is 16.4. The summed E-state index contributed by atoms with van der Waals surface area (Å²) in [5.41, 5.74) is 5.34. The fraction of sp³-hybridized carbons (Fsp3) is 0.929. The molecule has 17 heavy (non-hydrogen) atoms. The highest BCUT2D eigenvalue weighted by Crippen LogP contribution is 2.35. The Bertz CT molecular complexity index is 272. The molecule has 0 aliphatic rings. The summed E-state index contributed by atoms with van der Waals surface area (Å²) in [5.74, 6) is 0.0960. The van der Waals surface area contributed by atoms with Gasteiger partial charge in [0.05, 0.1) is 0 Å². The summed E-state index contributed by atoms with van der Waals surface area (Å²) in [5, 5.41) is 3.04. The Balaban J connectivity index is 4.74. The van der Waals surface area contributed by atoms with Gasteiger partial charge in [-0.2, -0.15) is 0 Å². The molecule has 0 fully saturated rings. The van der Waals surface area contributed by atoms with E-state index in [1.807, 2.05) is 41.5 Å². The summed E-state index contributed by atoms with van der Waals surface area (Å²) in [6.45, 7) is 16.2. The average Bonchev–Trinajstić information content (AvgIpc) is 1.97. The van der Waals surface area contributed by atoms with Gasteiger partial charge in [0.15, 0.2) is 0 Å². The van der Waals surface area contributed by atoms with Crippen molar-refractivity contribution >= 4 is 5.91 Å². The number of nitrogens with one attached hydrogen (secondary N) is 1. The van der Waals surface area contributed by atoms with Crippen molar-refractivity contribution in [3.63, 3.8) is 0 Å². The first-order chi connectivity index (χ1) is 7.28. The summed E-state index contributed by atoms with van der Waals surface area (Å²) in [6, 6.07) is 0.0733. The smallest absolute Gasteiger partial charge is 0.226 e. The number of carbonyl (C=O) groups excluding carboxylic acids is 1. The van der Waals surface area contributed by atoms with Crippen LogP contribution in [-0.2, 0) is 4.79 Å². The molecular formula is C14H30N2O. The predicted molar refractivity (Wildman–Crippen MR) is 73.7 cm³/mol. The van der Waals surface area contributed by atoms with Crippen molar-refractivity contribution < 1.29 is 4.79 Å². The van der Waals surface area contributed by atoms with Gasteiger partial charge < -0.3 is 11.1 Å². The Morgan fingerprint density at radius 3 is 1.82 bits per heavy atom. The van der Waals surface area contributed by atoms with Crippen LogP contribution < -0.4 is 11.1 Å². The minimum atomic E-state index is -0.398. The molecule has 0 radical (unpaired) electrons. The maximum absolute atomic E-state index is 12.2. The summed E-state index contributed by atoms with van der Waals surface area (Å²) in [6.07, 6.45) is 0.777. The van der Waals surface area contributed by atoms with Crippen LogP contribution in [0.25, 0.3) is 0 Å². The van der Waals surface area contributed by atoms with E-state index in [0.717, 1.165) is 6.42 Å². The molecule has 0 aliphatic heterocycles. The number of hydrogen-bond acceptors (Lipinski definition) is 2. The fourth-order valence-corrected chi connectivity index (χ4v) is 1.89. The van der Waals surface area contributed by atoms with Crippen LogP contribution in [-0.4, -0.2) is 17.5 Å². The minimum Gasteiger partial charge on any atom is -0.351 e. The first-order valence-electron chi connectivity index (χ1n) is 6.36. The van der Waals surface area contributed by atoms with Gasteiger partial charge in [-0.05, 0) is 39.5 Å². The van der Waals surface area contributed by atoms with Gasteiger partial charge in [0.1, 0.15) is 0 Å². The molecule has 0 heterocycles. The third kappa shape index (κ3) is 5.53. The second-order valence-corrected chi connectivity index (χ2v) is 7.54. The Labute approximate surface area is 107 Å². The van der Waals surface area contributed by atoms with Gasteiger partial charge in [-0.1, -0.05) is 27.7 Å². The lowest BCUT2D eigenvalue weighted by Gasteiger charge is -2.38. The van der Waals surface area contributed by atoms with Crippen molar-refractivity contribution in [1.82, 2.24) is 5.32 Å². The molecule has 0 aliphatic carbocycles. The van der Waals surface area contributed by atoms with E-state index in [0.29, 0.717) is 0 Å². The Hall–Kier alpha value is -0.570. The van der Waals surface area contributed by atoms with Gasteiger partial charge in [0, 0.05) is 17.0 Å². The molecular weight excluding hydrogens is 212 g/mol. The lowest BCUT2D eigenvalue weighted by Crippen LogP contribution is -2.49. The van der Waals surface area contributed by atoms with Crippen LogP contribution in [0.3, 0.4) is 0 Å². The monoisotopic (exact) mass is 242 g/mol. The normalized spacial score (nSPS) is 15.6. The third-order valence-corrected chi connectivity index (χ3v) is 3.23. The molecule has 0 saturated heterocycles. The number of carbonyl (C=O) groups is 1. The van der Waals surface area contributed by atoms with E-state index in [9.17, 15) is 4.79 Å². The summed E-state index contributed by atoms with van der Waals surface area (Å²) < 4.78 is 0. The van der Waals surface area contributed by atoms with E-state index in [1.165, 1.54) is 0 Å². The van der Waals surface area contributed by atoms with E-state index in [4.69, 9.17) is 5.73 Å². The molecule has 1 unspecified atom stereocenters. The third-order valence-electron chi connectivity index (χ3n) is 3.23. The van der Waals surface area contributed by atoms with Crippen molar-refractivity contribution in [1.29, 1.82) is 0 Å². The zero-order valence-electron chi connectivity index (χ0n) is 12.8. The Morgan fingerprint density at radius 1 is 1.12 bits per heavy atom. The molecule has 1 atom stereocenters. The van der Waals surface area contributed by atoms with Crippen molar-refractivity contribution in [2.75, 3.05) is 0 Å². The molecule has 3 heteroatoms. The van der Waals surface area contributed by atoms with E-state index in [1.54, 1.807) is 0 Å². The average molecular weight is 242 g/mol. The molecule has 102 valence electrons. The van der Waals surface area contributed by atoms with E-state index < -0.39 is 5.41 Å². The molecule has 1 amide bonds. The lowest BCUT2D eigenvalue weighted by molar-refractivity contribution is -0.132. The first-order valence-corrected chi connectivity index (χ1v) is 6.36. The zero-order valence-corrected chi connectivity index (χ0v) is 12.8. The van der Waals surface area contributed by atoms with Crippen molar-refractivity contribution in [3.8, 4) is 0 Å². The standard InChI is InChI=1S/C14H30N2O/c1-10(15)13(5,6)9-14(7,8)11(17)16-12(2,3)4/h10H,9,15H2,1-8H3,(H,16,17). The SMILES string of the molecule is CC(N)C(C)(C)CC(C)(C)C(=O)NC(C)(C)C. The van der Waals surface area contributed by atoms with E-state index in [2.05, 4.69) is 19.2 Å². The number of nitrogens with two attached hydrogens (primary N) is 1. The summed E-state index contributed by atoms with van der Waals surface area (Å²) in [4.78, 5) is 12.2. The number of amides is 1. The van der Waals surface area contributed by atoms with Gasteiger partial charge in [0.25, 0.3) is 0 Å². The largest absolute Gasteiger partial charge is 0.351 e. The lowest BCUT2D eigenvalue weighted by atomic mass is 9.71. The Kier molecular flexibility index (Phi) is 4.80. The molecule has 0 bridgehead atoms. The van der Waals surface area contributed by atoms with Gasteiger partial charge >= 0.3 is 0 Å². The fourth-order valence-electron chi connectivity index (χ4n) is 1.89. The summed E-state index contributed by atoms with van der Waals surface area (Å²) in [7, 11) is 0. The molecule has 0 aromatic carbocycles. The maximum Gasteiger partial charge on any atom is 0.226 e. The predicted octanol–water partition coefficient (Wildman–Crippen LogP) is 2.69. The topological polar surface area (TPSA) is 55.1 Å². The molecule has 0 aromatic heterocycles. The highest BCUT2D eigenvalue weighted by atomic mass is 16.2. The van der Waals surface area contributed by atoms with Crippen molar-refractivity contribution in [3.05, 3.63) is 0 Å². The van der Waals surface area contributed by atoms with Crippen LogP contribution >= 0.6 is 0 Å². The van der Waals surface area contributed by atoms with Crippen molar-refractivity contribution in [2.24, 2.45) is 16.6 Å². The highest BCUT2D eigenvalue weighted by molar-refractivity contribution is 5.82. The van der Waals surface area contributed by atoms with Gasteiger partial charge in [-0.25, -0.2) is 0 Å². The molecule has 0 saturated carbocycles. The second-order valence-electron chi connectivity index (χ2n) is 7.54. The number of rotatable bonds is 4. The van der Waals surface area contributed by atoms with Crippen LogP contribution in [0.4, 0.5) is 0 Å². The van der Waals surface area contributed by atoms with Crippen molar-refractivity contribution in [2.45, 2.75) is 73.4 Å². The molecule has 0 spiro atoms. The number of hydrogen-bond donors (Lipinski definition) is 2. The van der Waals surface area contributed by atoms with Crippen LogP contribution in [0, 0.1) is 10.8 Å². The van der Waals surface area contributed by atoms with Crippen LogP contribution in [0.15, 0.2) is 0 Å². The zero-order chi connectivity index (χ0) is 14.1. The second kappa shape index (κ2) is 4.97. The summed E-state index contributed by atoms with van der Waals surface area (Å²) >= 11 is 0. The minimum absolute atomic E-state index is 0.0429. The van der Waals surface area contributed by atoms with Gasteiger partial charge in [0.2, 0.25) is 5.91 Å². The molecule has 3 nitrogen and oxygen atoms in total. The van der Waals surface area contributed by atoms with Crippen LogP contribution in [0.5, 0.6) is 0 Å². The molecule has 0 aromatic rings. The quantitative estimate of drug-likeness (QED) is 0.796. The van der Waals surface area contributed by atoms with E-state index in [-0.39, 0.29) is 22.9 Å². The van der Waals surface area contributed by atoms with Gasteiger partial charge in [-0.3, -0.25) is 4.79 Å². The Morgan fingerprint density at radius 2 is 1.53 bits per heavy atom. The highest BCUT2D eigenvalue weighted by Gasteiger charge is 2.37. The van der Waals surface area contributed by atoms with Crippen LogP contribution in [0.1, 0.15) is 61.8 Å². The van der Waals surface area contributed by atoms with Crippen LogP contribution in [0.2, 0.25) is 0 Å². The van der Waals surface area contributed by atoms with Gasteiger partial charge in [-0.15, -0.1) is 0 Å². The maximum atomic E-state index is 12.2. The molecule has 3 N–H and O–H groups in total. The van der Waals surface area contributed by atoms with E-state index >= 15 is 0 Å².